The number of hydrogen-bond acceptors (Lipinski definition) is 8. The van der Waals surface area contributed by atoms with Crippen molar-refractivity contribution in [2.45, 2.75) is 58.5 Å². The lowest BCUT2D eigenvalue weighted by atomic mass is 9.75. The molecule has 0 aliphatic carbocycles. The predicted molar refractivity (Wildman–Crippen MR) is 190 cm³/mol. The van der Waals surface area contributed by atoms with Gasteiger partial charge in [0.15, 0.2) is 39.2 Å². The number of rotatable bonds is 4. The van der Waals surface area contributed by atoms with Gasteiger partial charge in [0.05, 0.1) is 28.9 Å². The summed E-state index contributed by atoms with van der Waals surface area (Å²) in [6, 6.07) is 13.2. The first kappa shape index (κ1) is 36.8. The van der Waals surface area contributed by atoms with Crippen LogP contribution < -0.4 is 4.74 Å². The quantitative estimate of drug-likeness (QED) is 0.180. The number of aromatic nitrogens is 4. The molecule has 52 heavy (non-hydrogen) atoms. The van der Waals surface area contributed by atoms with Crippen molar-refractivity contribution in [3.05, 3.63) is 100 Å². The van der Waals surface area contributed by atoms with Crippen molar-refractivity contribution >= 4 is 32.8 Å². The molecule has 10 nitrogen and oxygen atoms in total. The molecule has 0 spiro atoms. The SMILES string of the molecule is CCOC(=O)C(O)c1c[nH]c2c(F)c(F)c3c(c12)/C=C\S(=O)(=O)CC(C)(C)CCC[C@](C)(c1ccccc1)c1nc(n(C)n1)-c1cc(ccc1F)O3. The highest BCUT2D eigenvalue weighted by atomic mass is 32.2. The average Bonchev–Trinajstić information content (AvgIpc) is 3.71. The Hall–Kier alpha value is -4.95. The fraction of sp³-hybridized carbons (Fsp3) is 0.342. The number of fused-ring (bicyclic) bond motifs is 8. The molecule has 6 rings (SSSR count). The summed E-state index contributed by atoms with van der Waals surface area (Å²) >= 11 is 0. The molecule has 274 valence electrons. The van der Waals surface area contributed by atoms with Crippen LogP contribution in [0, 0.1) is 22.9 Å². The Morgan fingerprint density at radius 1 is 1.10 bits per heavy atom. The second-order valence-corrected chi connectivity index (χ2v) is 15.9. The van der Waals surface area contributed by atoms with Crippen molar-refractivity contribution in [2.24, 2.45) is 12.5 Å². The van der Waals surface area contributed by atoms with Crippen LogP contribution in [-0.2, 0) is 31.8 Å². The summed E-state index contributed by atoms with van der Waals surface area (Å²) < 4.78 is 87.0. The third-order valence-corrected chi connectivity index (χ3v) is 11.2. The van der Waals surface area contributed by atoms with E-state index in [9.17, 15) is 18.3 Å². The second-order valence-electron chi connectivity index (χ2n) is 14.0. The highest BCUT2D eigenvalue weighted by Crippen LogP contribution is 2.43. The van der Waals surface area contributed by atoms with E-state index >= 15 is 13.2 Å². The zero-order chi connectivity index (χ0) is 37.6. The van der Waals surface area contributed by atoms with Crippen LogP contribution in [0.25, 0.3) is 28.4 Å². The molecule has 0 saturated heterocycles. The summed E-state index contributed by atoms with van der Waals surface area (Å²) in [6.45, 7) is 7.11. The number of nitrogens with one attached hydrogen (secondary N) is 1. The predicted octanol–water partition coefficient (Wildman–Crippen LogP) is 7.67. The summed E-state index contributed by atoms with van der Waals surface area (Å²) in [6.07, 6.45) is 1.82. The molecule has 2 N–H and O–H groups in total. The van der Waals surface area contributed by atoms with Crippen molar-refractivity contribution in [2.75, 3.05) is 12.4 Å². The van der Waals surface area contributed by atoms with Gasteiger partial charge in [-0.2, -0.15) is 9.49 Å². The normalized spacial score (nSPS) is 19.9. The standard InChI is InChI=1S/C38H39F3N4O6S/c1-6-50-35(47)32(46)26-20-42-31-28(26)24-15-18-52(48,49)21-37(2,3)16-10-17-38(4,22-11-8-7-9-12-22)36-43-34(45(5)44-36)25-19-23(13-14-27(25)39)51-33(24)30(41)29(31)40/h7-9,11-15,18-20,32,42,46H,6,10,16-17,21H2,1-5H3/b18-15-/t32?,38-/m1/s1. The number of aryl methyl sites for hydroxylation is 1. The molecule has 1 aliphatic rings. The third kappa shape index (κ3) is 6.96. The summed E-state index contributed by atoms with van der Waals surface area (Å²) in [5, 5.41) is 16.3. The van der Waals surface area contributed by atoms with Crippen LogP contribution in [0.3, 0.4) is 0 Å². The van der Waals surface area contributed by atoms with Gasteiger partial charge in [-0.1, -0.05) is 50.6 Å². The lowest BCUT2D eigenvalue weighted by molar-refractivity contribution is -0.153. The summed E-state index contributed by atoms with van der Waals surface area (Å²) in [5.74, 6) is -5.30. The molecule has 0 radical (unpaired) electrons. The maximum absolute atomic E-state index is 16.0. The molecule has 1 aliphatic heterocycles. The van der Waals surface area contributed by atoms with E-state index in [1.165, 1.54) is 23.7 Å². The molecule has 2 aromatic heterocycles. The molecule has 3 aromatic carbocycles. The van der Waals surface area contributed by atoms with Crippen LogP contribution in [0.2, 0.25) is 0 Å². The van der Waals surface area contributed by atoms with Crippen molar-refractivity contribution in [1.29, 1.82) is 0 Å². The zero-order valence-electron chi connectivity index (χ0n) is 29.3. The Labute approximate surface area is 299 Å². The van der Waals surface area contributed by atoms with Crippen molar-refractivity contribution < 1.29 is 41.0 Å². The Bertz CT molecular complexity index is 2300. The van der Waals surface area contributed by atoms with Crippen molar-refractivity contribution in [3.63, 3.8) is 0 Å². The third-order valence-electron chi connectivity index (χ3n) is 9.47. The Morgan fingerprint density at radius 2 is 1.83 bits per heavy atom. The van der Waals surface area contributed by atoms with E-state index in [1.54, 1.807) is 7.05 Å². The first-order valence-electron chi connectivity index (χ1n) is 16.8. The minimum Gasteiger partial charge on any atom is -0.464 e. The Kier molecular flexibility index (Phi) is 9.83. The molecule has 2 atom stereocenters. The molecule has 5 aromatic rings. The topological polar surface area (TPSA) is 136 Å². The summed E-state index contributed by atoms with van der Waals surface area (Å²) in [7, 11) is -2.40. The van der Waals surface area contributed by atoms with E-state index in [-0.39, 0.29) is 46.0 Å². The highest BCUT2D eigenvalue weighted by molar-refractivity contribution is 7.94. The number of aromatic amines is 1. The number of H-pyrrole nitrogens is 1. The lowest BCUT2D eigenvalue weighted by Gasteiger charge is -2.30. The minimum absolute atomic E-state index is 0.0434. The smallest absolute Gasteiger partial charge is 0.339 e. The van der Waals surface area contributed by atoms with Crippen LogP contribution in [0.5, 0.6) is 11.5 Å². The molecule has 3 heterocycles. The van der Waals surface area contributed by atoms with Crippen LogP contribution in [0.4, 0.5) is 13.2 Å². The summed E-state index contributed by atoms with van der Waals surface area (Å²) in [4.78, 5) is 19.9. The monoisotopic (exact) mass is 736 g/mol. The van der Waals surface area contributed by atoms with Crippen LogP contribution in [-0.4, -0.2) is 51.6 Å². The van der Waals surface area contributed by atoms with Gasteiger partial charge in [-0.15, -0.1) is 0 Å². The fourth-order valence-electron chi connectivity index (χ4n) is 6.82. The minimum atomic E-state index is -4.02. The summed E-state index contributed by atoms with van der Waals surface area (Å²) in [5.41, 5.74) is -1.54. The largest absolute Gasteiger partial charge is 0.464 e. The van der Waals surface area contributed by atoms with E-state index in [1.807, 2.05) is 51.1 Å². The van der Waals surface area contributed by atoms with Gasteiger partial charge < -0.3 is 19.6 Å². The molecule has 0 amide bonds. The first-order chi connectivity index (χ1) is 24.5. The van der Waals surface area contributed by atoms with Crippen LogP contribution in [0.15, 0.2) is 60.1 Å². The molecular weight excluding hydrogens is 698 g/mol. The number of ether oxygens (including phenoxy) is 2. The van der Waals surface area contributed by atoms with Crippen molar-refractivity contribution in [3.8, 4) is 22.9 Å². The van der Waals surface area contributed by atoms with Gasteiger partial charge in [0.25, 0.3) is 0 Å². The number of carbonyl (C=O) groups excluding carboxylic acids is 1. The maximum atomic E-state index is 16.0. The number of sulfone groups is 1. The highest BCUT2D eigenvalue weighted by Gasteiger charge is 2.36. The van der Waals surface area contributed by atoms with Gasteiger partial charge in [-0.25, -0.2) is 31.7 Å². The van der Waals surface area contributed by atoms with Gasteiger partial charge in [-0.3, -0.25) is 0 Å². The number of halogens is 3. The number of aliphatic hydroxyl groups is 1. The number of carbonyl (C=O) groups is 1. The van der Waals surface area contributed by atoms with Gasteiger partial charge >= 0.3 is 5.97 Å². The van der Waals surface area contributed by atoms with E-state index in [0.717, 1.165) is 29.3 Å². The van der Waals surface area contributed by atoms with Crippen molar-refractivity contribution in [1.82, 2.24) is 19.7 Å². The zero-order valence-corrected chi connectivity index (χ0v) is 30.2. The van der Waals surface area contributed by atoms with Gasteiger partial charge in [0, 0.05) is 35.2 Å². The molecule has 0 saturated carbocycles. The first-order valence-corrected chi connectivity index (χ1v) is 18.5. The van der Waals surface area contributed by atoms with Gasteiger partial charge in [-0.05, 0) is 61.9 Å². The molecule has 4 bridgehead atoms. The Balaban J connectivity index is 1.60. The van der Waals surface area contributed by atoms with E-state index in [4.69, 9.17) is 19.6 Å². The molecule has 1 unspecified atom stereocenters. The lowest BCUT2D eigenvalue weighted by Crippen LogP contribution is -2.28. The number of esters is 1. The fourth-order valence-corrected chi connectivity index (χ4v) is 8.50. The van der Waals surface area contributed by atoms with E-state index in [0.29, 0.717) is 25.1 Å². The van der Waals surface area contributed by atoms with E-state index < -0.39 is 61.5 Å². The van der Waals surface area contributed by atoms with Crippen LogP contribution in [0.1, 0.15) is 75.6 Å². The molecule has 14 heteroatoms. The van der Waals surface area contributed by atoms with Gasteiger partial charge in [0.2, 0.25) is 5.82 Å². The van der Waals surface area contributed by atoms with Crippen LogP contribution >= 0.6 is 0 Å². The number of benzene rings is 3. The average molecular weight is 737 g/mol. The van der Waals surface area contributed by atoms with Gasteiger partial charge in [0.1, 0.15) is 11.6 Å². The van der Waals surface area contributed by atoms with E-state index in [2.05, 4.69) is 4.98 Å². The molecular formula is C38H39F3N4O6S. The number of hydrogen-bond donors (Lipinski definition) is 2. The number of aliphatic hydroxyl groups excluding tert-OH is 1. The number of nitrogens with zero attached hydrogens (tertiary/aromatic N) is 3. The Morgan fingerprint density at radius 3 is 2.54 bits per heavy atom. The molecule has 0 fully saturated rings. The second kappa shape index (κ2) is 13.9. The maximum Gasteiger partial charge on any atom is 0.339 e.